The van der Waals surface area contributed by atoms with Gasteiger partial charge in [0.05, 0.1) is 18.5 Å². The van der Waals surface area contributed by atoms with Gasteiger partial charge in [-0.1, -0.05) is 39.3 Å². The Morgan fingerprint density at radius 1 is 1.39 bits per heavy atom. The van der Waals surface area contributed by atoms with E-state index in [0.29, 0.717) is 11.2 Å². The molecule has 154 valence electrons. The maximum atomic E-state index is 15.9. The third-order valence-electron chi connectivity index (χ3n) is 7.38. The predicted octanol–water partition coefficient (Wildman–Crippen LogP) is 4.76. The highest BCUT2D eigenvalue weighted by atomic mass is 35.5. The van der Waals surface area contributed by atoms with Gasteiger partial charge in [-0.15, -0.1) is 0 Å². The zero-order valence-electron chi connectivity index (χ0n) is 17.3. The lowest BCUT2D eigenvalue weighted by Gasteiger charge is -2.41. The zero-order valence-corrected chi connectivity index (χ0v) is 19.1. The van der Waals surface area contributed by atoms with Crippen molar-refractivity contribution in [3.8, 4) is 0 Å². The van der Waals surface area contributed by atoms with Crippen LogP contribution in [0.3, 0.4) is 0 Å². The van der Waals surface area contributed by atoms with Crippen molar-refractivity contribution in [2.24, 2.45) is 11.3 Å². The Kier molecular flexibility index (Phi) is 4.38. The van der Waals surface area contributed by atoms with Crippen molar-refractivity contribution in [3.05, 3.63) is 11.5 Å². The number of aromatic nitrogens is 4. The lowest BCUT2D eigenvalue weighted by atomic mass is 9.97. The number of hydrogen-bond acceptors (Lipinski definition) is 5. The molecule has 2 aliphatic rings. The van der Waals surface area contributed by atoms with E-state index in [1.54, 1.807) is 10.9 Å². The molecule has 0 amide bonds. The van der Waals surface area contributed by atoms with Crippen molar-refractivity contribution in [3.63, 3.8) is 0 Å². The molecule has 28 heavy (non-hydrogen) atoms. The number of anilines is 1. The van der Waals surface area contributed by atoms with Crippen LogP contribution in [0.4, 0.5) is 10.3 Å². The summed E-state index contributed by atoms with van der Waals surface area (Å²) in [6.45, 7) is 13.1. The van der Waals surface area contributed by atoms with Gasteiger partial charge in [0, 0.05) is 5.41 Å². The van der Waals surface area contributed by atoms with Gasteiger partial charge in [-0.05, 0) is 36.9 Å². The van der Waals surface area contributed by atoms with E-state index >= 15 is 4.39 Å². The lowest BCUT2D eigenvalue weighted by molar-refractivity contribution is 0.0389. The maximum absolute atomic E-state index is 15.9. The number of alkyl halides is 1. The van der Waals surface area contributed by atoms with Crippen LogP contribution < -0.4 is 5.73 Å². The van der Waals surface area contributed by atoms with E-state index in [0.717, 1.165) is 12.8 Å². The van der Waals surface area contributed by atoms with Crippen LogP contribution in [0, 0.1) is 11.3 Å². The molecule has 0 saturated heterocycles. The number of nitrogen functional groups attached to an aromatic ring is 1. The van der Waals surface area contributed by atoms with Gasteiger partial charge in [0.1, 0.15) is 11.7 Å². The molecule has 2 N–H and O–H groups in total. The monoisotopic (exact) mass is 425 g/mol. The molecule has 0 bridgehead atoms. The third kappa shape index (κ3) is 2.71. The van der Waals surface area contributed by atoms with E-state index in [1.807, 2.05) is 0 Å². The first-order chi connectivity index (χ1) is 12.9. The predicted molar refractivity (Wildman–Crippen MR) is 112 cm³/mol. The molecule has 2 aromatic heterocycles. The van der Waals surface area contributed by atoms with Crippen molar-refractivity contribution >= 4 is 37.0 Å². The molecule has 0 spiro atoms. The molecule has 2 aliphatic carbocycles. The van der Waals surface area contributed by atoms with Gasteiger partial charge in [-0.25, -0.2) is 9.37 Å². The number of nitrogens with two attached hydrogens (primary N) is 1. The van der Waals surface area contributed by atoms with Crippen LogP contribution in [0.5, 0.6) is 0 Å². The second-order valence-electron chi connectivity index (χ2n) is 9.83. The van der Waals surface area contributed by atoms with Crippen LogP contribution in [0.2, 0.25) is 23.3 Å². The molecular formula is C19H29ClFN5OSi. The summed E-state index contributed by atoms with van der Waals surface area (Å²) in [5.74, 6) is 0.272. The highest BCUT2D eigenvalue weighted by Gasteiger charge is 2.72. The summed E-state index contributed by atoms with van der Waals surface area (Å²) in [5, 5.41) is 0.224. The molecule has 0 unspecified atom stereocenters. The summed E-state index contributed by atoms with van der Waals surface area (Å²) in [7, 11) is -2.11. The second-order valence-corrected chi connectivity index (χ2v) is 14.9. The lowest BCUT2D eigenvalue weighted by Crippen LogP contribution is -2.48. The molecule has 2 aromatic rings. The van der Waals surface area contributed by atoms with E-state index in [9.17, 15) is 0 Å². The normalized spacial score (nSPS) is 32.7. The Bertz CT molecular complexity index is 929. The summed E-state index contributed by atoms with van der Waals surface area (Å²) >= 11 is 6.17. The average Bonchev–Trinajstić information content (AvgIpc) is 3.08. The summed E-state index contributed by atoms with van der Waals surface area (Å²) in [6.07, 6.45) is 1.95. The Balaban J connectivity index is 1.74. The minimum atomic E-state index is -2.11. The Labute approximate surface area is 171 Å². The minimum Gasteiger partial charge on any atom is -0.410 e. The Morgan fingerprint density at radius 2 is 2.07 bits per heavy atom. The van der Waals surface area contributed by atoms with Gasteiger partial charge in [-0.3, -0.25) is 0 Å². The molecule has 0 aromatic carbocycles. The first-order valence-electron chi connectivity index (χ1n) is 9.90. The fourth-order valence-corrected chi connectivity index (χ4v) is 6.18. The molecule has 9 heteroatoms. The molecular weight excluding hydrogens is 397 g/mol. The number of nitrogens with zero attached hydrogens (tertiary/aromatic N) is 4. The molecule has 4 rings (SSSR count). The number of hydrogen-bond donors (Lipinski definition) is 1. The van der Waals surface area contributed by atoms with Gasteiger partial charge in [0.25, 0.3) is 0 Å². The summed E-state index contributed by atoms with van der Waals surface area (Å²) in [4.78, 5) is 12.6. The maximum Gasteiger partial charge on any atom is 0.223 e. The van der Waals surface area contributed by atoms with Gasteiger partial charge in [0.15, 0.2) is 19.1 Å². The first kappa shape index (κ1) is 20.0. The van der Waals surface area contributed by atoms with E-state index in [2.05, 4.69) is 55.7 Å². The molecule has 6 nitrogen and oxygen atoms in total. The highest BCUT2D eigenvalue weighted by molar-refractivity contribution is 6.74. The number of halogens is 2. The van der Waals surface area contributed by atoms with E-state index in [-0.39, 0.29) is 33.5 Å². The largest absolute Gasteiger partial charge is 0.410 e. The molecule has 2 saturated carbocycles. The Hall–Kier alpha value is -1.25. The van der Waals surface area contributed by atoms with Crippen molar-refractivity contribution < 1.29 is 8.82 Å². The number of rotatable bonds is 4. The van der Waals surface area contributed by atoms with Crippen molar-refractivity contribution in [2.75, 3.05) is 5.73 Å². The van der Waals surface area contributed by atoms with Crippen LogP contribution in [-0.4, -0.2) is 40.1 Å². The summed E-state index contributed by atoms with van der Waals surface area (Å²) < 4.78 is 24.4. The average molecular weight is 426 g/mol. The minimum absolute atomic E-state index is 0.0288. The van der Waals surface area contributed by atoms with Gasteiger partial charge < -0.3 is 14.7 Å². The molecule has 2 heterocycles. The van der Waals surface area contributed by atoms with E-state index < -0.39 is 20.6 Å². The van der Waals surface area contributed by atoms with Crippen molar-refractivity contribution in [2.45, 2.75) is 77.0 Å². The summed E-state index contributed by atoms with van der Waals surface area (Å²) in [5.41, 5.74) is 6.62. The third-order valence-corrected chi connectivity index (χ3v) is 12.1. The number of fused-ring (bicyclic) bond motifs is 2. The molecule has 0 aliphatic heterocycles. The second kappa shape index (κ2) is 6.12. The fourth-order valence-electron chi connectivity index (χ4n) is 4.60. The van der Waals surface area contributed by atoms with E-state index in [4.69, 9.17) is 21.8 Å². The first-order valence-corrected chi connectivity index (χ1v) is 13.2. The smallest absolute Gasteiger partial charge is 0.223 e. The van der Waals surface area contributed by atoms with Gasteiger partial charge in [-0.2, -0.15) is 9.97 Å². The fraction of sp³-hybridized carbons (Fsp3) is 0.737. The molecule has 0 radical (unpaired) electrons. The summed E-state index contributed by atoms with van der Waals surface area (Å²) in [6, 6.07) is -0.370. The van der Waals surface area contributed by atoms with E-state index in [1.165, 1.54) is 0 Å². The van der Waals surface area contributed by atoms with Crippen molar-refractivity contribution in [1.82, 2.24) is 19.5 Å². The van der Waals surface area contributed by atoms with Crippen LogP contribution in [0.15, 0.2) is 6.33 Å². The Morgan fingerprint density at radius 3 is 2.68 bits per heavy atom. The number of imidazole rings is 1. The van der Waals surface area contributed by atoms with Crippen LogP contribution in [0.1, 0.15) is 46.6 Å². The molecule has 2 fully saturated rings. The van der Waals surface area contributed by atoms with Gasteiger partial charge in [0.2, 0.25) is 5.95 Å². The quantitative estimate of drug-likeness (QED) is 0.564. The highest BCUT2D eigenvalue weighted by Crippen LogP contribution is 2.71. The van der Waals surface area contributed by atoms with Crippen LogP contribution in [-0.2, 0) is 4.43 Å². The molecule has 5 atom stereocenters. The standard InChI is InChI=1S/C19H29ClFN5OSi/c1-7-19-8-10(19)13(11(21)14(19)27-28(5,6)18(2,3)4)26-9-23-12-15(20)24-17(22)25-16(12)26/h9-11,13-14H,7-8H2,1-6H3,(H2,22,24,25)/t10-,11+,13-,14+,19-/m1/s1. The topological polar surface area (TPSA) is 78.9 Å². The SMILES string of the molecule is CC[C@@]12C[C@@H]1[C@@H](n1cnc3c(Cl)nc(N)nc31)[C@H](F)[C@@H]2O[Si](C)(C)C(C)(C)C. The van der Waals surface area contributed by atoms with Crippen molar-refractivity contribution in [1.29, 1.82) is 0 Å². The van der Waals surface area contributed by atoms with Crippen LogP contribution in [0.25, 0.3) is 11.2 Å². The van der Waals surface area contributed by atoms with Gasteiger partial charge >= 0.3 is 0 Å². The van der Waals surface area contributed by atoms with Crippen LogP contribution >= 0.6 is 11.6 Å². The zero-order chi connectivity index (χ0) is 20.6.